The summed E-state index contributed by atoms with van der Waals surface area (Å²) in [7, 11) is -4.74. The van der Waals surface area contributed by atoms with E-state index in [0.717, 1.165) is 27.7 Å². The van der Waals surface area contributed by atoms with Gasteiger partial charge in [-0.1, -0.05) is 34.8 Å². The number of esters is 4. The Morgan fingerprint density at radius 3 is 1.85 bits per heavy atom. The number of hydrogen-bond donors (Lipinski definition) is 1. The van der Waals surface area contributed by atoms with E-state index < -0.39 is 81.8 Å². The summed E-state index contributed by atoms with van der Waals surface area (Å²) in [4.78, 5) is 46.3. The summed E-state index contributed by atoms with van der Waals surface area (Å²) in [6.07, 6.45) is -6.20. The van der Waals surface area contributed by atoms with Crippen LogP contribution in [0.2, 0.25) is 0 Å². The molecule has 0 amide bonds. The monoisotopic (exact) mass is 557 g/mol. The van der Waals surface area contributed by atoms with Gasteiger partial charge in [-0.2, -0.15) is 13.1 Å². The molecule has 1 aliphatic rings. The maximum Gasteiger partial charge on any atom is 0.336 e. The van der Waals surface area contributed by atoms with Crippen LogP contribution in [0.3, 0.4) is 0 Å². The maximum atomic E-state index is 12.4. The van der Waals surface area contributed by atoms with E-state index in [2.05, 4.69) is 4.18 Å². The largest absolute Gasteiger partial charge is 0.463 e. The molecule has 190 valence electrons. The van der Waals surface area contributed by atoms with Crippen LogP contribution in [0.15, 0.2) is 0 Å². The molecule has 0 saturated carbocycles. The third-order valence-electron chi connectivity index (χ3n) is 3.64. The number of nitrogens with one attached hydrogen (secondary N) is 1. The third kappa shape index (κ3) is 11.0. The van der Waals surface area contributed by atoms with Crippen LogP contribution in [0.25, 0.3) is 0 Å². The zero-order chi connectivity index (χ0) is 25.6. The Morgan fingerprint density at radius 1 is 0.879 bits per heavy atom. The van der Waals surface area contributed by atoms with Crippen molar-refractivity contribution in [3.8, 4) is 0 Å². The topological polar surface area (TPSA) is 170 Å². The maximum absolute atomic E-state index is 12.4. The van der Waals surface area contributed by atoms with E-state index in [1.165, 1.54) is 0 Å². The fraction of sp³-hybridized carbons (Fsp3) is 0.750. The molecule has 1 fully saturated rings. The first-order valence-corrected chi connectivity index (χ1v) is 11.6. The Balaban J connectivity index is 3.40. The molecule has 1 N–H and O–H groups in total. The Labute approximate surface area is 204 Å². The van der Waals surface area contributed by atoms with Gasteiger partial charge in [0.1, 0.15) is 25.4 Å². The van der Waals surface area contributed by atoms with Gasteiger partial charge in [0.25, 0.3) is 0 Å². The van der Waals surface area contributed by atoms with Crippen molar-refractivity contribution in [3.05, 3.63) is 0 Å². The number of ether oxygens (including phenoxy) is 5. The average molecular weight is 559 g/mol. The van der Waals surface area contributed by atoms with E-state index in [4.69, 9.17) is 58.5 Å². The Hall–Kier alpha value is -1.42. The first-order valence-electron chi connectivity index (χ1n) is 9.04. The fourth-order valence-electron chi connectivity index (χ4n) is 2.64. The molecular formula is C16H22Cl3NO12S. The molecule has 0 aliphatic carbocycles. The molecule has 1 saturated heterocycles. The fourth-order valence-corrected chi connectivity index (χ4v) is 3.97. The average Bonchev–Trinajstić information content (AvgIpc) is 2.61. The SMILES string of the molecule is CC(=O)OC[C@@H]1OC(OC(C)=O)[C@@H](NS(=O)(=O)OCC(Cl)(Cl)Cl)[C@H](OC(C)=O)[C@H]1OC(C)=O. The van der Waals surface area contributed by atoms with Crippen molar-refractivity contribution >= 4 is 69.0 Å². The predicted octanol–water partition coefficient (Wildman–Crippen LogP) is 0.291. The second-order valence-electron chi connectivity index (χ2n) is 6.58. The minimum Gasteiger partial charge on any atom is -0.463 e. The van der Waals surface area contributed by atoms with Crippen LogP contribution in [-0.2, 0) is 57.3 Å². The molecule has 0 spiro atoms. The molecule has 13 nitrogen and oxygen atoms in total. The van der Waals surface area contributed by atoms with E-state index in [9.17, 15) is 27.6 Å². The third-order valence-corrected chi connectivity index (χ3v) is 4.96. The van der Waals surface area contributed by atoms with Crippen molar-refractivity contribution in [2.75, 3.05) is 13.2 Å². The lowest BCUT2D eigenvalue weighted by Gasteiger charge is -2.44. The first-order chi connectivity index (χ1) is 15.0. The molecule has 17 heteroatoms. The van der Waals surface area contributed by atoms with Gasteiger partial charge < -0.3 is 23.7 Å². The molecule has 1 unspecified atom stereocenters. The van der Waals surface area contributed by atoms with E-state index in [-0.39, 0.29) is 0 Å². The standard InChI is InChI=1S/C16H22Cl3NO12S/c1-7(21)27-5-11-13(29-8(2)22)14(30-9(3)23)12(15(32-11)31-10(4)24)20-33(25,26)28-6-16(17,18)19/h11-15,20H,5-6H2,1-4H3/t11-,12-,13-,14-,15?/m0/s1. The van der Waals surface area contributed by atoms with Crippen LogP contribution in [0, 0.1) is 0 Å². The minimum atomic E-state index is -4.74. The van der Waals surface area contributed by atoms with Gasteiger partial charge in [-0.3, -0.25) is 23.4 Å². The zero-order valence-electron chi connectivity index (χ0n) is 17.7. The predicted molar refractivity (Wildman–Crippen MR) is 110 cm³/mol. The number of carbonyl (C=O) groups excluding carboxylic acids is 4. The van der Waals surface area contributed by atoms with E-state index >= 15 is 0 Å². The van der Waals surface area contributed by atoms with Gasteiger partial charge in [-0.15, -0.1) is 0 Å². The molecule has 33 heavy (non-hydrogen) atoms. The van der Waals surface area contributed by atoms with Crippen LogP contribution in [-0.4, -0.2) is 79.9 Å². The lowest BCUT2D eigenvalue weighted by atomic mass is 9.97. The number of halogens is 3. The first kappa shape index (κ1) is 29.6. The van der Waals surface area contributed by atoms with Crippen LogP contribution in [0.5, 0.6) is 0 Å². The van der Waals surface area contributed by atoms with Gasteiger partial charge >= 0.3 is 34.2 Å². The second kappa shape index (κ2) is 12.3. The highest BCUT2D eigenvalue weighted by Gasteiger charge is 2.53. The molecule has 0 aromatic carbocycles. The van der Waals surface area contributed by atoms with E-state index in [1.54, 1.807) is 0 Å². The van der Waals surface area contributed by atoms with Gasteiger partial charge in [0.15, 0.2) is 12.2 Å². The molecule has 0 bridgehead atoms. The van der Waals surface area contributed by atoms with Gasteiger partial charge in [-0.25, -0.2) is 0 Å². The Bertz CT molecular complexity index is 846. The van der Waals surface area contributed by atoms with Gasteiger partial charge in [0, 0.05) is 27.7 Å². The van der Waals surface area contributed by atoms with Crippen LogP contribution >= 0.6 is 34.8 Å². The highest BCUT2D eigenvalue weighted by atomic mass is 35.6. The summed E-state index contributed by atoms with van der Waals surface area (Å²) in [6.45, 7) is 2.68. The summed E-state index contributed by atoms with van der Waals surface area (Å²) in [5.41, 5.74) is 0. The van der Waals surface area contributed by atoms with Crippen molar-refractivity contribution in [2.45, 2.75) is 62.1 Å². The Kier molecular flexibility index (Phi) is 11.1. The molecular weight excluding hydrogens is 537 g/mol. The quantitative estimate of drug-likeness (QED) is 0.233. The Morgan fingerprint density at radius 2 is 1.39 bits per heavy atom. The van der Waals surface area contributed by atoms with Gasteiger partial charge in [-0.05, 0) is 0 Å². The summed E-state index contributed by atoms with van der Waals surface area (Å²) in [5.74, 6) is -3.42. The van der Waals surface area contributed by atoms with Crippen molar-refractivity contribution in [3.63, 3.8) is 0 Å². The number of hydrogen-bond acceptors (Lipinski definition) is 12. The van der Waals surface area contributed by atoms with Gasteiger partial charge in [0.05, 0.1) is 0 Å². The number of rotatable bonds is 9. The molecule has 1 aliphatic heterocycles. The van der Waals surface area contributed by atoms with Crippen LogP contribution in [0.1, 0.15) is 27.7 Å². The van der Waals surface area contributed by atoms with E-state index in [1.807, 2.05) is 4.72 Å². The summed E-state index contributed by atoms with van der Waals surface area (Å²) in [6, 6.07) is -1.70. The summed E-state index contributed by atoms with van der Waals surface area (Å²) < 4.78 is 55.0. The molecule has 5 atom stereocenters. The van der Waals surface area contributed by atoms with E-state index in [0.29, 0.717) is 0 Å². The summed E-state index contributed by atoms with van der Waals surface area (Å²) in [5, 5.41) is 0. The summed E-state index contributed by atoms with van der Waals surface area (Å²) >= 11 is 16.5. The van der Waals surface area contributed by atoms with Crippen molar-refractivity contribution in [1.29, 1.82) is 0 Å². The zero-order valence-corrected chi connectivity index (χ0v) is 20.8. The normalized spacial score (nSPS) is 25.6. The lowest BCUT2D eigenvalue weighted by molar-refractivity contribution is -0.269. The van der Waals surface area contributed by atoms with Gasteiger partial charge in [0.2, 0.25) is 10.1 Å². The number of carbonyl (C=O) groups is 4. The number of alkyl halides is 3. The smallest absolute Gasteiger partial charge is 0.336 e. The molecule has 1 rings (SSSR count). The molecule has 0 radical (unpaired) electrons. The second-order valence-corrected chi connectivity index (χ2v) is 10.5. The van der Waals surface area contributed by atoms with Crippen LogP contribution < -0.4 is 4.72 Å². The lowest BCUT2D eigenvalue weighted by Crippen LogP contribution is -2.67. The minimum absolute atomic E-state index is 0.522. The van der Waals surface area contributed by atoms with Crippen LogP contribution in [0.4, 0.5) is 0 Å². The molecule has 1 heterocycles. The van der Waals surface area contributed by atoms with Crippen molar-refractivity contribution in [1.82, 2.24) is 4.72 Å². The highest BCUT2D eigenvalue weighted by molar-refractivity contribution is 7.84. The molecule has 0 aromatic rings. The highest BCUT2D eigenvalue weighted by Crippen LogP contribution is 2.30. The van der Waals surface area contributed by atoms with Crippen molar-refractivity contribution < 1.29 is 55.5 Å². The molecule has 0 aromatic heterocycles. The van der Waals surface area contributed by atoms with Crippen molar-refractivity contribution in [2.24, 2.45) is 0 Å².